The molecule has 1 saturated carbocycles. The number of aryl methyl sites for hydroxylation is 1. The van der Waals surface area contributed by atoms with Crippen molar-refractivity contribution in [3.05, 3.63) is 64.1 Å². The van der Waals surface area contributed by atoms with Gasteiger partial charge in [-0.15, -0.1) is 0 Å². The van der Waals surface area contributed by atoms with E-state index in [2.05, 4.69) is 21.2 Å². The van der Waals surface area contributed by atoms with Gasteiger partial charge in [0, 0.05) is 17.1 Å². The van der Waals surface area contributed by atoms with E-state index in [4.69, 9.17) is 0 Å². The number of sulfonamides is 1. The lowest BCUT2D eigenvalue weighted by Crippen LogP contribution is -2.53. The van der Waals surface area contributed by atoms with Gasteiger partial charge in [-0.05, 0) is 60.3 Å². The zero-order chi connectivity index (χ0) is 25.6. The number of hydrogen-bond acceptors (Lipinski definition) is 4. The first-order chi connectivity index (χ1) is 16.6. The zero-order valence-electron chi connectivity index (χ0n) is 20.5. The van der Waals surface area contributed by atoms with Crippen molar-refractivity contribution in [1.82, 2.24) is 10.2 Å². The Kier molecular flexibility index (Phi) is 9.35. The first-order valence-electron chi connectivity index (χ1n) is 11.9. The van der Waals surface area contributed by atoms with Crippen LogP contribution in [-0.4, -0.2) is 50.0 Å². The first kappa shape index (κ1) is 27.2. The van der Waals surface area contributed by atoms with Crippen LogP contribution in [0.15, 0.2) is 53.0 Å². The molecule has 0 radical (unpaired) electrons. The molecule has 2 aromatic rings. The average Bonchev–Trinajstić information content (AvgIpc) is 2.81. The molecule has 3 rings (SSSR count). The average molecular weight is 565 g/mol. The number of halogens is 1. The van der Waals surface area contributed by atoms with Gasteiger partial charge >= 0.3 is 0 Å². The predicted octanol–water partition coefficient (Wildman–Crippen LogP) is 4.39. The van der Waals surface area contributed by atoms with Crippen molar-refractivity contribution >= 4 is 43.5 Å². The maximum absolute atomic E-state index is 13.6. The van der Waals surface area contributed by atoms with Crippen LogP contribution >= 0.6 is 15.9 Å². The minimum atomic E-state index is -3.76. The Balaban J connectivity index is 1.88. The van der Waals surface area contributed by atoms with Crippen molar-refractivity contribution in [2.75, 3.05) is 17.1 Å². The Hall–Kier alpha value is -2.39. The number of benzene rings is 2. The predicted molar refractivity (Wildman–Crippen MR) is 143 cm³/mol. The maximum Gasteiger partial charge on any atom is 0.244 e. The minimum Gasteiger partial charge on any atom is -0.352 e. The molecule has 1 fully saturated rings. The molecule has 1 aliphatic carbocycles. The van der Waals surface area contributed by atoms with E-state index in [1.54, 1.807) is 31.2 Å². The van der Waals surface area contributed by atoms with Crippen LogP contribution in [0.25, 0.3) is 0 Å². The van der Waals surface area contributed by atoms with Crippen LogP contribution in [0.2, 0.25) is 0 Å². The highest BCUT2D eigenvalue weighted by molar-refractivity contribution is 9.10. The van der Waals surface area contributed by atoms with Gasteiger partial charge in [0.15, 0.2) is 0 Å². The van der Waals surface area contributed by atoms with Gasteiger partial charge in [-0.25, -0.2) is 8.42 Å². The molecule has 0 aliphatic heterocycles. The van der Waals surface area contributed by atoms with Gasteiger partial charge in [-0.3, -0.25) is 13.9 Å². The summed E-state index contributed by atoms with van der Waals surface area (Å²) < 4.78 is 27.0. The number of rotatable bonds is 9. The van der Waals surface area contributed by atoms with E-state index in [9.17, 15) is 18.0 Å². The molecule has 190 valence electrons. The summed E-state index contributed by atoms with van der Waals surface area (Å²) in [5, 5.41) is 3.10. The fourth-order valence-electron chi connectivity index (χ4n) is 4.41. The standard InChI is InChI=1S/C26H34BrN3O4S/c1-19-10-9-11-21(16-19)17-29(20(2)26(32)28-22-12-5-4-6-13-22)25(31)18-30(35(3,33)34)24-15-8-7-14-23(24)27/h7-11,14-16,20,22H,4-6,12-13,17-18H2,1-3H3,(H,28,32). The largest absolute Gasteiger partial charge is 0.352 e. The third kappa shape index (κ3) is 7.54. The monoisotopic (exact) mass is 563 g/mol. The quantitative estimate of drug-likeness (QED) is 0.490. The van der Waals surface area contributed by atoms with Crippen LogP contribution in [-0.2, 0) is 26.2 Å². The van der Waals surface area contributed by atoms with Crippen LogP contribution in [0.3, 0.4) is 0 Å². The molecule has 1 N–H and O–H groups in total. The molecule has 0 heterocycles. The smallest absolute Gasteiger partial charge is 0.244 e. The Bertz CT molecular complexity index is 1150. The van der Waals surface area contributed by atoms with E-state index >= 15 is 0 Å². The molecule has 0 aromatic heterocycles. The van der Waals surface area contributed by atoms with Crippen molar-refractivity contribution < 1.29 is 18.0 Å². The number of carbonyl (C=O) groups is 2. The second-order valence-corrected chi connectivity index (χ2v) is 12.0. The van der Waals surface area contributed by atoms with Crippen LogP contribution in [0, 0.1) is 6.92 Å². The van der Waals surface area contributed by atoms with E-state index in [1.165, 1.54) is 11.3 Å². The number of hydrogen-bond donors (Lipinski definition) is 1. The summed E-state index contributed by atoms with van der Waals surface area (Å²) >= 11 is 3.39. The third-order valence-corrected chi connectivity index (χ3v) is 8.15. The van der Waals surface area contributed by atoms with Crippen molar-refractivity contribution in [2.24, 2.45) is 0 Å². The summed E-state index contributed by atoms with van der Waals surface area (Å²) in [5.74, 6) is -0.663. The lowest BCUT2D eigenvalue weighted by molar-refractivity contribution is -0.139. The van der Waals surface area contributed by atoms with Gasteiger partial charge in [0.05, 0.1) is 11.9 Å². The number of nitrogens with zero attached hydrogens (tertiary/aromatic N) is 2. The normalized spacial score (nSPS) is 15.3. The number of anilines is 1. The lowest BCUT2D eigenvalue weighted by atomic mass is 9.95. The van der Waals surface area contributed by atoms with E-state index < -0.39 is 28.5 Å². The van der Waals surface area contributed by atoms with Crippen LogP contribution in [0.4, 0.5) is 5.69 Å². The van der Waals surface area contributed by atoms with E-state index in [0.717, 1.165) is 47.4 Å². The SMILES string of the molecule is Cc1cccc(CN(C(=O)CN(c2ccccc2Br)S(C)(=O)=O)C(C)C(=O)NC2CCCCC2)c1. The lowest BCUT2D eigenvalue weighted by Gasteiger charge is -2.33. The van der Waals surface area contributed by atoms with E-state index in [1.807, 2.05) is 31.2 Å². The van der Waals surface area contributed by atoms with Gasteiger partial charge in [0.2, 0.25) is 21.8 Å². The second kappa shape index (κ2) is 12.0. The second-order valence-electron chi connectivity index (χ2n) is 9.25. The molecular weight excluding hydrogens is 530 g/mol. The molecule has 2 aromatic carbocycles. The summed E-state index contributed by atoms with van der Waals surface area (Å²) in [6.07, 6.45) is 6.30. The highest BCUT2D eigenvalue weighted by Gasteiger charge is 2.31. The minimum absolute atomic E-state index is 0.113. The molecule has 0 bridgehead atoms. The molecular formula is C26H34BrN3O4S. The zero-order valence-corrected chi connectivity index (χ0v) is 22.9. The van der Waals surface area contributed by atoms with Gasteiger partial charge < -0.3 is 10.2 Å². The van der Waals surface area contributed by atoms with Crippen LogP contribution in [0.1, 0.15) is 50.2 Å². The van der Waals surface area contributed by atoms with Gasteiger partial charge in [-0.2, -0.15) is 0 Å². The Labute approximate surface area is 217 Å². The summed E-state index contributed by atoms with van der Waals surface area (Å²) in [4.78, 5) is 28.3. The number of amides is 2. The molecule has 0 saturated heterocycles. The Morgan fingerprint density at radius 1 is 1.09 bits per heavy atom. The van der Waals surface area contributed by atoms with Crippen molar-refractivity contribution in [1.29, 1.82) is 0 Å². The van der Waals surface area contributed by atoms with Gasteiger partial charge in [0.1, 0.15) is 12.6 Å². The number of para-hydroxylation sites is 1. The van der Waals surface area contributed by atoms with Crippen LogP contribution in [0.5, 0.6) is 0 Å². The van der Waals surface area contributed by atoms with Crippen molar-refractivity contribution in [3.8, 4) is 0 Å². The van der Waals surface area contributed by atoms with Gasteiger partial charge in [-0.1, -0.05) is 61.2 Å². The summed E-state index contributed by atoms with van der Waals surface area (Å²) in [6, 6.07) is 14.0. The first-order valence-corrected chi connectivity index (χ1v) is 14.6. The summed E-state index contributed by atoms with van der Waals surface area (Å²) in [7, 11) is -3.76. The molecule has 1 unspecified atom stereocenters. The van der Waals surface area contributed by atoms with Gasteiger partial charge in [0.25, 0.3) is 0 Å². The fourth-order valence-corrected chi connectivity index (χ4v) is 5.88. The Morgan fingerprint density at radius 2 is 1.77 bits per heavy atom. The number of nitrogens with one attached hydrogen (secondary N) is 1. The van der Waals surface area contributed by atoms with Crippen molar-refractivity contribution in [3.63, 3.8) is 0 Å². The maximum atomic E-state index is 13.6. The molecule has 1 aliphatic rings. The molecule has 2 amide bonds. The molecule has 7 nitrogen and oxygen atoms in total. The highest BCUT2D eigenvalue weighted by atomic mass is 79.9. The molecule has 9 heteroatoms. The Morgan fingerprint density at radius 3 is 2.40 bits per heavy atom. The van der Waals surface area contributed by atoms with Crippen LogP contribution < -0.4 is 9.62 Å². The van der Waals surface area contributed by atoms with E-state index in [0.29, 0.717) is 10.2 Å². The molecule has 1 atom stereocenters. The van der Waals surface area contributed by atoms with E-state index in [-0.39, 0.29) is 18.5 Å². The number of carbonyl (C=O) groups excluding carboxylic acids is 2. The molecule has 0 spiro atoms. The molecule has 35 heavy (non-hydrogen) atoms. The van der Waals surface area contributed by atoms with Crippen molar-refractivity contribution in [2.45, 2.75) is 64.6 Å². The summed E-state index contributed by atoms with van der Waals surface area (Å²) in [5.41, 5.74) is 2.29. The third-order valence-electron chi connectivity index (χ3n) is 6.35. The fraction of sp³-hybridized carbons (Fsp3) is 0.462. The highest BCUT2D eigenvalue weighted by Crippen LogP contribution is 2.28. The summed E-state index contributed by atoms with van der Waals surface area (Å²) in [6.45, 7) is 3.46. The topological polar surface area (TPSA) is 86.8 Å².